The lowest BCUT2D eigenvalue weighted by molar-refractivity contribution is -0.120. The van der Waals surface area contributed by atoms with Gasteiger partial charge in [0.2, 0.25) is 0 Å². The van der Waals surface area contributed by atoms with E-state index in [2.05, 4.69) is 140 Å². The Balaban J connectivity index is 0.000000237. The van der Waals surface area contributed by atoms with Crippen LogP contribution in [0, 0.1) is 27.7 Å². The number of nitrogens with zero attached hydrogens (tertiary/aromatic N) is 3. The van der Waals surface area contributed by atoms with Gasteiger partial charge in [0.25, 0.3) is 24.2 Å². The van der Waals surface area contributed by atoms with Crippen LogP contribution in [0.15, 0.2) is 133 Å². The molecule has 2 saturated heterocycles. The molecule has 2 fully saturated rings. The third-order valence-corrected chi connectivity index (χ3v) is 16.5. The van der Waals surface area contributed by atoms with Gasteiger partial charge in [-0.25, -0.2) is 5.84 Å². The fourth-order valence-corrected chi connectivity index (χ4v) is 12.2. The number of amides is 3. The molecule has 6 aromatic rings. The van der Waals surface area contributed by atoms with Crippen molar-refractivity contribution in [1.82, 2.24) is 31.0 Å². The summed E-state index contributed by atoms with van der Waals surface area (Å²) in [6, 6.07) is 44.1. The lowest BCUT2D eigenvalue weighted by Crippen LogP contribution is -2.54. The van der Waals surface area contributed by atoms with Crippen LogP contribution in [-0.4, -0.2) is 94.3 Å². The van der Waals surface area contributed by atoms with Gasteiger partial charge < -0.3 is 19.1 Å². The first-order valence-electron chi connectivity index (χ1n) is 28.9. The topological polar surface area (TPSA) is 168 Å². The van der Waals surface area contributed by atoms with Crippen molar-refractivity contribution in [2.45, 2.75) is 150 Å². The molecule has 4 aliphatic rings. The van der Waals surface area contributed by atoms with Crippen molar-refractivity contribution < 1.29 is 33.4 Å². The van der Waals surface area contributed by atoms with Crippen LogP contribution in [0.1, 0.15) is 148 Å². The fourth-order valence-electron chi connectivity index (χ4n) is 12.2. The summed E-state index contributed by atoms with van der Waals surface area (Å²) in [5.41, 5.74) is 19.8. The highest BCUT2D eigenvalue weighted by Crippen LogP contribution is 2.46. The Labute approximate surface area is 513 Å². The Morgan fingerprint density at radius 2 is 0.952 bits per heavy atom. The average Bonchev–Trinajstić information content (AvgIpc) is 2.47. The monoisotopic (exact) mass is 1180 g/mol. The molecular weight excluding hydrogens is 1090 g/mol. The molecule has 5 N–H and O–H groups in total. The van der Waals surface area contributed by atoms with Crippen LogP contribution in [0.3, 0.4) is 0 Å². The van der Waals surface area contributed by atoms with Gasteiger partial charge in [0.05, 0.1) is 24.3 Å². The van der Waals surface area contributed by atoms with E-state index in [-0.39, 0.29) is 67.2 Å². The molecule has 6 aromatic carbocycles. The number of carbonyl (C=O) groups excluding carboxylic acids is 4. The predicted octanol–water partition coefficient (Wildman–Crippen LogP) is 11.1. The van der Waals surface area contributed by atoms with Gasteiger partial charge in [-0.1, -0.05) is 128 Å². The number of hydrazine groups is 2. The maximum atomic E-state index is 13.0. The highest BCUT2D eigenvalue weighted by Gasteiger charge is 2.53. The van der Waals surface area contributed by atoms with Crippen molar-refractivity contribution in [2.24, 2.45) is 5.84 Å². The fraction of sp³-hybridized carbons (Fsp3) is 0.412. The summed E-state index contributed by atoms with van der Waals surface area (Å²) in [4.78, 5) is 54.7. The third kappa shape index (κ3) is 17.4. The van der Waals surface area contributed by atoms with Crippen LogP contribution in [0.2, 0.25) is 0 Å². The van der Waals surface area contributed by atoms with Crippen molar-refractivity contribution in [3.8, 4) is 5.75 Å². The molecule has 84 heavy (non-hydrogen) atoms. The second-order valence-corrected chi connectivity index (χ2v) is 23.3. The van der Waals surface area contributed by atoms with Crippen LogP contribution >= 0.6 is 27.0 Å². The Hall–Kier alpha value is -6.34. The molecule has 3 amide bonds. The number of fused-ring (bicyclic) bond motifs is 2. The molecule has 2 atom stereocenters. The van der Waals surface area contributed by atoms with Crippen molar-refractivity contribution >= 4 is 51.2 Å². The smallest absolute Gasteiger partial charge is 0.298 e. The molecule has 452 valence electrons. The molecule has 0 radical (unpaired) electrons. The maximum absolute atomic E-state index is 13.0. The zero-order chi connectivity index (χ0) is 59.2. The minimum absolute atomic E-state index is 0. The molecule has 0 bridgehead atoms. The van der Waals surface area contributed by atoms with E-state index in [9.17, 15) is 19.2 Å². The molecule has 14 nitrogen and oxygen atoms in total. The maximum Gasteiger partial charge on any atom is 0.298 e. The van der Waals surface area contributed by atoms with Gasteiger partial charge in [-0.05, 0) is 195 Å². The number of aryl methyl sites for hydroxylation is 6. The van der Waals surface area contributed by atoms with Crippen molar-refractivity contribution in [1.29, 1.82) is 0 Å². The van der Waals surface area contributed by atoms with Gasteiger partial charge in [0.1, 0.15) is 17.2 Å². The van der Waals surface area contributed by atoms with Crippen molar-refractivity contribution in [3.63, 3.8) is 0 Å². The molecule has 2 heterocycles. The Kier molecular flexibility index (Phi) is 25.0. The largest absolute Gasteiger partial charge is 0.429 e. The first-order valence-corrected chi connectivity index (χ1v) is 28.9. The van der Waals surface area contributed by atoms with Crippen LogP contribution in [0.25, 0.3) is 0 Å². The predicted molar refractivity (Wildman–Crippen MR) is 346 cm³/mol. The van der Waals surface area contributed by atoms with Crippen LogP contribution in [-0.2, 0) is 53.0 Å². The van der Waals surface area contributed by atoms with Gasteiger partial charge in [-0.3, -0.25) is 45.3 Å². The van der Waals surface area contributed by atoms with Crippen LogP contribution < -0.4 is 26.9 Å². The molecule has 0 aromatic heterocycles. The SMILES string of the molecule is CC1(C)OC[C@@]2(CCc3ccc(OC=O)cc3C2)N1Cc1ccccc1.CCN(CC)CC.Cc1cc(C)cc(C(=O)NN)c1.Cc1cc(C)cc(C(=O)NNC(=O)c2ccc3c(c2)C[C@@]2(CC3)COC(C)(C)N2Cc2ccccc2)c1.S.S. The van der Waals surface area contributed by atoms with Gasteiger partial charge >= 0.3 is 0 Å². The normalized spacial score (nSPS) is 18.8. The number of carbonyl (C=O) groups is 4. The number of benzene rings is 6. The summed E-state index contributed by atoms with van der Waals surface area (Å²) in [7, 11) is 0. The molecule has 2 aliphatic carbocycles. The van der Waals surface area contributed by atoms with E-state index in [0.717, 1.165) is 80.5 Å². The van der Waals surface area contributed by atoms with E-state index in [1.807, 2.05) is 76.2 Å². The highest BCUT2D eigenvalue weighted by atomic mass is 32.1. The van der Waals surface area contributed by atoms with Crippen LogP contribution in [0.4, 0.5) is 0 Å². The van der Waals surface area contributed by atoms with Crippen molar-refractivity contribution in [3.05, 3.63) is 206 Å². The third-order valence-electron chi connectivity index (χ3n) is 16.5. The number of nitrogen functional groups attached to an aromatic ring is 1. The molecule has 2 aliphatic heterocycles. The number of ether oxygens (including phenoxy) is 3. The van der Waals surface area contributed by atoms with Gasteiger partial charge in [-0.2, -0.15) is 27.0 Å². The summed E-state index contributed by atoms with van der Waals surface area (Å²) in [5, 5.41) is 0. The van der Waals surface area contributed by atoms with E-state index >= 15 is 0 Å². The number of nitrogens with one attached hydrogen (secondary N) is 3. The number of nitrogens with two attached hydrogens (primary N) is 1. The van der Waals surface area contributed by atoms with E-state index in [1.54, 1.807) is 24.3 Å². The first-order chi connectivity index (χ1) is 39.1. The number of rotatable bonds is 12. The molecule has 2 spiro atoms. The Morgan fingerprint density at radius 3 is 1.36 bits per heavy atom. The van der Waals surface area contributed by atoms with E-state index in [1.165, 1.54) is 53.0 Å². The average molecular weight is 1180 g/mol. The second-order valence-electron chi connectivity index (χ2n) is 23.3. The number of hydrogen-bond donors (Lipinski definition) is 4. The molecule has 10 rings (SSSR count). The molecular formula is C68H91N7O7S2. The zero-order valence-corrected chi connectivity index (χ0v) is 53.2. The summed E-state index contributed by atoms with van der Waals surface area (Å²) in [5.74, 6) is 4.71. The summed E-state index contributed by atoms with van der Waals surface area (Å²) < 4.78 is 17.6. The minimum Gasteiger partial charge on any atom is -0.429 e. The first kappa shape index (κ1) is 68.4. The minimum atomic E-state index is -0.374. The van der Waals surface area contributed by atoms with Gasteiger partial charge in [-0.15, -0.1) is 0 Å². The second kappa shape index (κ2) is 30.6. The molecule has 0 unspecified atom stereocenters. The van der Waals surface area contributed by atoms with Crippen molar-refractivity contribution in [2.75, 3.05) is 32.8 Å². The highest BCUT2D eigenvalue weighted by molar-refractivity contribution is 7.59. The lowest BCUT2D eigenvalue weighted by Gasteiger charge is -2.45. The van der Waals surface area contributed by atoms with Crippen LogP contribution in [0.5, 0.6) is 5.75 Å². The summed E-state index contributed by atoms with van der Waals surface area (Å²) in [6.07, 6.45) is 5.76. The molecule has 16 heteroatoms. The van der Waals surface area contributed by atoms with E-state index < -0.39 is 0 Å². The standard InChI is InChI=1S/C31H35N3O3.C22H25NO3.C9H12N2O.C6H15N.2H2S/c1-21-14-22(2)16-26(15-21)29(36)33-32-28(35)25-11-10-24-12-13-31(18-27(24)17-25)20-37-30(3,4)34(31)19-23-8-6-5-7-9-23;1-21(2)23(14-17-6-4-3-5-7-17)22(15-26-21)11-10-18-8-9-20(25-16-24)12-19(18)13-22;1-6-3-7(2)5-8(4-6)9(12)11-10;1-4-7(5-2)6-3;;/h5-11,14-17H,12-13,18-20H2,1-4H3,(H,32,35)(H,33,36);3-9,12,16H,10-11,13-15H2,1-2H3;3-5H,10H2,1-2H3,(H,11,12);4-6H2,1-3H3;2*1H2/t31-;22-;;;;/m00..../s1. The van der Waals surface area contributed by atoms with Gasteiger partial charge in [0.15, 0.2) is 0 Å². The van der Waals surface area contributed by atoms with E-state index in [0.29, 0.717) is 35.5 Å². The number of hydrogen-bond acceptors (Lipinski definition) is 11. The Bertz CT molecular complexity index is 3110. The Morgan fingerprint density at radius 1 is 0.548 bits per heavy atom. The van der Waals surface area contributed by atoms with Gasteiger partial charge in [0, 0.05) is 29.8 Å². The van der Waals surface area contributed by atoms with E-state index in [4.69, 9.17) is 20.1 Å². The molecule has 0 saturated carbocycles. The summed E-state index contributed by atoms with van der Waals surface area (Å²) >= 11 is 0. The lowest BCUT2D eigenvalue weighted by atomic mass is 9.76. The summed E-state index contributed by atoms with van der Waals surface area (Å²) in [6.45, 7) is 30.1. The quantitative estimate of drug-likeness (QED) is 0.0398. The zero-order valence-electron chi connectivity index (χ0n) is 51.2.